The molecule has 36 heavy (non-hydrogen) atoms. The molecule has 0 bridgehead atoms. The summed E-state index contributed by atoms with van der Waals surface area (Å²) in [6.07, 6.45) is 8.46. The minimum absolute atomic E-state index is 0.0807. The molecule has 1 aliphatic heterocycles. The molecule has 10 nitrogen and oxygen atoms in total. The molecular weight excluding hydrogens is 486 g/mol. The number of nitrogens with one attached hydrogen (secondary N) is 2. The summed E-state index contributed by atoms with van der Waals surface area (Å²) in [4.78, 5) is 48.5. The molecule has 0 atom stereocenters. The van der Waals surface area contributed by atoms with Crippen LogP contribution in [0.2, 0.25) is 5.02 Å². The van der Waals surface area contributed by atoms with Crippen molar-refractivity contribution in [1.29, 1.82) is 0 Å². The zero-order chi connectivity index (χ0) is 25.2. The molecule has 3 N–H and O–H groups in total. The maximum Gasteiger partial charge on any atom is 0.337 e. The van der Waals surface area contributed by atoms with Gasteiger partial charge in [-0.1, -0.05) is 11.6 Å². The van der Waals surface area contributed by atoms with Crippen LogP contribution in [0.5, 0.6) is 0 Å². The Balaban J connectivity index is 1.38. The van der Waals surface area contributed by atoms with E-state index in [0.29, 0.717) is 11.1 Å². The number of pyridine rings is 2. The van der Waals surface area contributed by atoms with Crippen LogP contribution in [-0.4, -0.2) is 56.9 Å². The van der Waals surface area contributed by atoms with Crippen molar-refractivity contribution in [2.24, 2.45) is 5.92 Å². The standard InChI is InChI=1S/C25H26ClN5O5/c26-16-5-8-19(27-13-16)29-24(33)22-21(20-18(36-22)11-15(12-28-20)25(34)35)30-23(32)14-3-6-17(7-4-14)31-9-1-2-10-31/h5,8,11-14,17H,1-4,6-7,9-10H2,(H,30,32)(H,34,35)(H,27,29,33). The van der Waals surface area contributed by atoms with Gasteiger partial charge in [0.15, 0.2) is 5.58 Å². The number of carboxylic acid groups (broad SMARTS) is 1. The lowest BCUT2D eigenvalue weighted by Gasteiger charge is -2.33. The van der Waals surface area contributed by atoms with Crippen molar-refractivity contribution in [2.45, 2.75) is 44.6 Å². The van der Waals surface area contributed by atoms with Crippen molar-refractivity contribution in [3.8, 4) is 0 Å². The first-order valence-corrected chi connectivity index (χ1v) is 12.4. The Morgan fingerprint density at radius 1 is 1.03 bits per heavy atom. The van der Waals surface area contributed by atoms with E-state index in [4.69, 9.17) is 16.0 Å². The van der Waals surface area contributed by atoms with Crippen LogP contribution in [0.4, 0.5) is 11.5 Å². The molecule has 1 saturated heterocycles. The highest BCUT2D eigenvalue weighted by molar-refractivity contribution is 6.30. The number of carboxylic acids is 1. The third-order valence-corrected chi connectivity index (χ3v) is 7.15. The number of nitrogens with zero attached hydrogens (tertiary/aromatic N) is 3. The van der Waals surface area contributed by atoms with Gasteiger partial charge in [0.25, 0.3) is 5.91 Å². The first-order chi connectivity index (χ1) is 17.4. The van der Waals surface area contributed by atoms with Crippen molar-refractivity contribution in [2.75, 3.05) is 23.7 Å². The summed E-state index contributed by atoms with van der Waals surface area (Å²) in [5, 5.41) is 15.2. The number of aromatic carboxylic acids is 1. The van der Waals surface area contributed by atoms with Gasteiger partial charge in [0.1, 0.15) is 17.0 Å². The normalized spacial score (nSPS) is 20.4. The van der Waals surface area contributed by atoms with Crippen LogP contribution in [0.15, 0.2) is 35.0 Å². The summed E-state index contributed by atoms with van der Waals surface area (Å²) < 4.78 is 5.71. The maximum absolute atomic E-state index is 13.2. The Morgan fingerprint density at radius 3 is 2.44 bits per heavy atom. The summed E-state index contributed by atoms with van der Waals surface area (Å²) in [5.41, 5.74) is 0.297. The number of carbonyl (C=O) groups excluding carboxylic acids is 2. The molecular formula is C25H26ClN5O5. The van der Waals surface area contributed by atoms with Crippen molar-refractivity contribution >= 4 is 52.0 Å². The number of amides is 2. The van der Waals surface area contributed by atoms with Crippen molar-refractivity contribution in [1.82, 2.24) is 14.9 Å². The van der Waals surface area contributed by atoms with Crippen LogP contribution in [0.3, 0.4) is 0 Å². The second-order valence-corrected chi connectivity index (χ2v) is 9.67. The fourth-order valence-electron chi connectivity index (χ4n) is 5.03. The number of anilines is 2. The first-order valence-electron chi connectivity index (χ1n) is 12.0. The Morgan fingerprint density at radius 2 is 1.78 bits per heavy atom. The van der Waals surface area contributed by atoms with E-state index >= 15 is 0 Å². The van der Waals surface area contributed by atoms with Gasteiger partial charge in [0.05, 0.1) is 10.6 Å². The smallest absolute Gasteiger partial charge is 0.337 e. The van der Waals surface area contributed by atoms with E-state index in [1.807, 2.05) is 0 Å². The summed E-state index contributed by atoms with van der Waals surface area (Å²) in [6, 6.07) is 4.90. The van der Waals surface area contributed by atoms with E-state index in [1.165, 1.54) is 37.4 Å². The van der Waals surface area contributed by atoms with Crippen molar-refractivity contribution in [3.63, 3.8) is 0 Å². The number of carbonyl (C=O) groups is 3. The van der Waals surface area contributed by atoms with Gasteiger partial charge in [-0.15, -0.1) is 0 Å². The molecule has 1 saturated carbocycles. The van der Waals surface area contributed by atoms with Gasteiger partial charge in [0, 0.05) is 24.4 Å². The summed E-state index contributed by atoms with van der Waals surface area (Å²) in [5.74, 6) is -2.19. The second kappa shape index (κ2) is 10.2. The lowest BCUT2D eigenvalue weighted by atomic mass is 9.85. The summed E-state index contributed by atoms with van der Waals surface area (Å²) >= 11 is 5.86. The van der Waals surface area contributed by atoms with Crippen LogP contribution in [0, 0.1) is 5.92 Å². The van der Waals surface area contributed by atoms with Gasteiger partial charge in [0.2, 0.25) is 11.7 Å². The largest absolute Gasteiger partial charge is 0.478 e. The molecule has 0 aromatic carbocycles. The van der Waals surface area contributed by atoms with Gasteiger partial charge in [-0.05, 0) is 69.8 Å². The summed E-state index contributed by atoms with van der Waals surface area (Å²) in [7, 11) is 0. The highest BCUT2D eigenvalue weighted by Gasteiger charge is 2.32. The number of halogens is 1. The highest BCUT2D eigenvalue weighted by Crippen LogP contribution is 2.34. The molecule has 4 heterocycles. The fraction of sp³-hybridized carbons (Fsp3) is 0.400. The molecule has 0 radical (unpaired) electrons. The average Bonchev–Trinajstić information content (AvgIpc) is 3.54. The zero-order valence-electron chi connectivity index (χ0n) is 19.5. The van der Waals surface area contributed by atoms with Crippen LogP contribution in [0.25, 0.3) is 11.1 Å². The van der Waals surface area contributed by atoms with E-state index in [-0.39, 0.29) is 45.8 Å². The number of fused-ring (bicyclic) bond motifs is 1. The molecule has 11 heteroatoms. The minimum atomic E-state index is -1.18. The molecule has 2 aliphatic rings. The van der Waals surface area contributed by atoms with E-state index in [1.54, 1.807) is 6.07 Å². The molecule has 2 fully saturated rings. The van der Waals surface area contributed by atoms with E-state index in [2.05, 4.69) is 25.5 Å². The van der Waals surface area contributed by atoms with Gasteiger partial charge >= 0.3 is 5.97 Å². The van der Waals surface area contributed by atoms with Crippen LogP contribution in [0.1, 0.15) is 59.4 Å². The molecule has 0 spiro atoms. The molecule has 188 valence electrons. The number of hydrogen-bond donors (Lipinski definition) is 3. The number of likely N-dealkylation sites (tertiary alicyclic amines) is 1. The molecule has 1 aliphatic carbocycles. The second-order valence-electron chi connectivity index (χ2n) is 9.24. The van der Waals surface area contributed by atoms with Crippen LogP contribution in [-0.2, 0) is 4.79 Å². The lowest BCUT2D eigenvalue weighted by Crippen LogP contribution is -2.38. The van der Waals surface area contributed by atoms with Gasteiger partial charge in [-0.3, -0.25) is 9.59 Å². The number of rotatable bonds is 6. The Labute approximate surface area is 212 Å². The zero-order valence-corrected chi connectivity index (χ0v) is 20.3. The SMILES string of the molecule is O=C(O)c1cnc2c(NC(=O)C3CCC(N4CCCC4)CC3)c(C(=O)Nc3ccc(Cl)cn3)oc2c1. The summed E-state index contributed by atoms with van der Waals surface area (Å²) in [6.45, 7) is 2.26. The molecule has 2 amide bonds. The highest BCUT2D eigenvalue weighted by atomic mass is 35.5. The van der Waals surface area contributed by atoms with Crippen LogP contribution >= 0.6 is 11.6 Å². The van der Waals surface area contributed by atoms with E-state index < -0.39 is 11.9 Å². The third kappa shape index (κ3) is 5.05. The predicted octanol–water partition coefficient (Wildman–Crippen LogP) is 4.42. The van der Waals surface area contributed by atoms with Gasteiger partial charge < -0.3 is 25.1 Å². The minimum Gasteiger partial charge on any atom is -0.478 e. The number of aromatic nitrogens is 2. The monoisotopic (exact) mass is 511 g/mol. The average molecular weight is 512 g/mol. The van der Waals surface area contributed by atoms with E-state index in [0.717, 1.165) is 38.8 Å². The van der Waals surface area contributed by atoms with Gasteiger partial charge in [-0.2, -0.15) is 0 Å². The quantitative estimate of drug-likeness (QED) is 0.442. The van der Waals surface area contributed by atoms with Crippen LogP contribution < -0.4 is 10.6 Å². The predicted molar refractivity (Wildman–Crippen MR) is 133 cm³/mol. The number of hydrogen-bond acceptors (Lipinski definition) is 7. The maximum atomic E-state index is 13.2. The number of furan rings is 1. The molecule has 5 rings (SSSR count). The Bertz CT molecular complexity index is 1290. The van der Waals surface area contributed by atoms with Gasteiger partial charge in [-0.25, -0.2) is 14.8 Å². The molecule has 3 aromatic rings. The Kier molecular flexibility index (Phi) is 6.88. The first kappa shape index (κ1) is 24.2. The van der Waals surface area contributed by atoms with Crippen molar-refractivity contribution in [3.05, 3.63) is 46.9 Å². The van der Waals surface area contributed by atoms with Crippen molar-refractivity contribution < 1.29 is 23.9 Å². The molecule has 3 aromatic heterocycles. The fourth-order valence-corrected chi connectivity index (χ4v) is 5.14. The van der Waals surface area contributed by atoms with E-state index in [9.17, 15) is 19.5 Å². The molecule has 0 unspecified atom stereocenters. The lowest BCUT2D eigenvalue weighted by molar-refractivity contribution is -0.121. The Hall–Kier alpha value is -3.50. The third-order valence-electron chi connectivity index (χ3n) is 6.92. The topological polar surface area (TPSA) is 138 Å².